The molecule has 2 aromatic carbocycles. The first kappa shape index (κ1) is 18.9. The van der Waals surface area contributed by atoms with E-state index in [1.807, 2.05) is 30.5 Å². The summed E-state index contributed by atoms with van der Waals surface area (Å²) in [4.78, 5) is 27.0. The molecule has 7 heteroatoms. The standard InChI is InChI=1S/C20H20ClN3O3/c1-27-12-20(26)24-18-8-7-14(10-16(18)21)23-19(25)9-6-13-11-22-17-5-3-2-4-15(13)17/h2-5,7-8,10-11,22H,6,9,12H2,1H3,(H,23,25)(H,24,26). The van der Waals surface area contributed by atoms with E-state index in [0.29, 0.717) is 29.2 Å². The summed E-state index contributed by atoms with van der Waals surface area (Å²) in [6.07, 6.45) is 2.92. The number of H-pyrrole nitrogens is 1. The number of aryl methyl sites for hydroxylation is 1. The lowest BCUT2D eigenvalue weighted by molar-refractivity contribution is -0.119. The lowest BCUT2D eigenvalue weighted by atomic mass is 10.1. The van der Waals surface area contributed by atoms with Crippen molar-refractivity contribution in [3.05, 3.63) is 59.2 Å². The van der Waals surface area contributed by atoms with Crippen LogP contribution in [0, 0.1) is 0 Å². The molecule has 0 aliphatic heterocycles. The molecule has 0 aliphatic rings. The zero-order chi connectivity index (χ0) is 19.2. The van der Waals surface area contributed by atoms with E-state index < -0.39 is 0 Å². The molecule has 1 heterocycles. The number of hydrogen-bond donors (Lipinski definition) is 3. The molecule has 3 N–H and O–H groups in total. The van der Waals surface area contributed by atoms with Gasteiger partial charge >= 0.3 is 0 Å². The number of fused-ring (bicyclic) bond motifs is 1. The fourth-order valence-electron chi connectivity index (χ4n) is 2.82. The van der Waals surface area contributed by atoms with E-state index in [2.05, 4.69) is 15.6 Å². The molecule has 0 bridgehead atoms. The summed E-state index contributed by atoms with van der Waals surface area (Å²) in [5, 5.41) is 6.94. The number of nitrogens with one attached hydrogen (secondary N) is 3. The number of aromatic nitrogens is 1. The van der Waals surface area contributed by atoms with E-state index in [1.54, 1.807) is 18.2 Å². The normalized spacial score (nSPS) is 10.7. The quantitative estimate of drug-likeness (QED) is 0.575. The third kappa shape index (κ3) is 4.87. The molecule has 0 spiro atoms. The third-order valence-electron chi connectivity index (χ3n) is 4.10. The van der Waals surface area contributed by atoms with E-state index in [9.17, 15) is 9.59 Å². The highest BCUT2D eigenvalue weighted by atomic mass is 35.5. The summed E-state index contributed by atoms with van der Waals surface area (Å²) in [6.45, 7) is -0.0529. The molecule has 27 heavy (non-hydrogen) atoms. The van der Waals surface area contributed by atoms with Crippen LogP contribution in [0.2, 0.25) is 5.02 Å². The molecular weight excluding hydrogens is 366 g/mol. The van der Waals surface area contributed by atoms with Crippen LogP contribution >= 0.6 is 11.6 Å². The van der Waals surface area contributed by atoms with Crippen molar-refractivity contribution in [2.45, 2.75) is 12.8 Å². The first-order chi connectivity index (χ1) is 13.1. The van der Waals surface area contributed by atoms with Crippen LogP contribution in [-0.2, 0) is 20.7 Å². The predicted octanol–water partition coefficient (Wildman–Crippen LogP) is 3.98. The average molecular weight is 386 g/mol. The van der Waals surface area contributed by atoms with Gasteiger partial charge in [-0.15, -0.1) is 0 Å². The number of aromatic amines is 1. The van der Waals surface area contributed by atoms with Crippen LogP contribution in [0.1, 0.15) is 12.0 Å². The molecule has 6 nitrogen and oxygen atoms in total. The second-order valence-corrected chi connectivity index (χ2v) is 6.49. The van der Waals surface area contributed by atoms with Gasteiger partial charge in [0, 0.05) is 36.3 Å². The summed E-state index contributed by atoms with van der Waals surface area (Å²) in [5.74, 6) is -0.401. The monoisotopic (exact) mass is 385 g/mol. The first-order valence-corrected chi connectivity index (χ1v) is 8.88. The topological polar surface area (TPSA) is 83.2 Å². The van der Waals surface area contributed by atoms with Crippen LogP contribution in [0.5, 0.6) is 0 Å². The smallest absolute Gasteiger partial charge is 0.250 e. The van der Waals surface area contributed by atoms with E-state index in [0.717, 1.165) is 16.5 Å². The Bertz CT molecular complexity index is 968. The van der Waals surface area contributed by atoms with Crippen LogP contribution in [0.4, 0.5) is 11.4 Å². The van der Waals surface area contributed by atoms with Crippen molar-refractivity contribution < 1.29 is 14.3 Å². The van der Waals surface area contributed by atoms with E-state index in [-0.39, 0.29) is 18.4 Å². The number of halogens is 1. The van der Waals surface area contributed by atoms with E-state index >= 15 is 0 Å². The number of para-hydroxylation sites is 1. The Labute approximate surface area is 161 Å². The fraction of sp³-hybridized carbons (Fsp3) is 0.200. The minimum Gasteiger partial charge on any atom is -0.375 e. The van der Waals surface area contributed by atoms with Gasteiger partial charge in [-0.05, 0) is 36.2 Å². The van der Waals surface area contributed by atoms with Crippen LogP contribution in [0.3, 0.4) is 0 Å². The van der Waals surface area contributed by atoms with Gasteiger partial charge in [-0.2, -0.15) is 0 Å². The first-order valence-electron chi connectivity index (χ1n) is 8.50. The van der Waals surface area contributed by atoms with Gasteiger partial charge in [0.2, 0.25) is 11.8 Å². The molecule has 0 unspecified atom stereocenters. The molecule has 0 fully saturated rings. The maximum atomic E-state index is 12.3. The zero-order valence-corrected chi connectivity index (χ0v) is 15.6. The number of carbonyl (C=O) groups is 2. The Kier molecular flexibility index (Phi) is 6.11. The number of ether oxygens (including phenoxy) is 1. The number of methoxy groups -OCH3 is 1. The van der Waals surface area contributed by atoms with Gasteiger partial charge in [-0.25, -0.2) is 0 Å². The minimum absolute atomic E-state index is 0.0529. The molecule has 0 atom stereocenters. The second kappa shape index (κ2) is 8.70. The van der Waals surface area contributed by atoms with Crippen LogP contribution in [-0.4, -0.2) is 30.5 Å². The van der Waals surface area contributed by atoms with Crippen molar-refractivity contribution in [2.24, 2.45) is 0 Å². The number of benzene rings is 2. The maximum Gasteiger partial charge on any atom is 0.250 e. The van der Waals surface area contributed by atoms with Gasteiger partial charge < -0.3 is 20.4 Å². The Morgan fingerprint density at radius 2 is 1.93 bits per heavy atom. The van der Waals surface area contributed by atoms with Crippen molar-refractivity contribution in [3.63, 3.8) is 0 Å². The van der Waals surface area contributed by atoms with Gasteiger partial charge in [0.25, 0.3) is 0 Å². The van der Waals surface area contributed by atoms with Gasteiger partial charge in [0.15, 0.2) is 0 Å². The van der Waals surface area contributed by atoms with Crippen molar-refractivity contribution >= 4 is 45.7 Å². The summed E-state index contributed by atoms with van der Waals surface area (Å²) < 4.78 is 4.76. The van der Waals surface area contributed by atoms with Crippen LogP contribution in [0.15, 0.2) is 48.7 Å². The number of amides is 2. The molecule has 0 aliphatic carbocycles. The summed E-state index contributed by atoms with van der Waals surface area (Å²) in [7, 11) is 1.44. The highest BCUT2D eigenvalue weighted by Crippen LogP contribution is 2.26. The van der Waals surface area contributed by atoms with Crippen LogP contribution in [0.25, 0.3) is 10.9 Å². The lowest BCUT2D eigenvalue weighted by Gasteiger charge is -2.10. The number of rotatable bonds is 7. The van der Waals surface area contributed by atoms with Crippen molar-refractivity contribution in [1.82, 2.24) is 4.98 Å². The maximum absolute atomic E-state index is 12.3. The number of hydrogen-bond acceptors (Lipinski definition) is 3. The molecular formula is C20H20ClN3O3. The SMILES string of the molecule is COCC(=O)Nc1ccc(NC(=O)CCc2c[nH]c3ccccc23)cc1Cl. The largest absolute Gasteiger partial charge is 0.375 e. The summed E-state index contributed by atoms with van der Waals surface area (Å²) >= 11 is 6.17. The summed E-state index contributed by atoms with van der Waals surface area (Å²) in [6, 6.07) is 12.9. The number of carbonyl (C=O) groups excluding carboxylic acids is 2. The molecule has 2 amide bonds. The highest BCUT2D eigenvalue weighted by molar-refractivity contribution is 6.34. The number of anilines is 2. The van der Waals surface area contributed by atoms with E-state index in [1.165, 1.54) is 7.11 Å². The van der Waals surface area contributed by atoms with Gasteiger partial charge in [-0.3, -0.25) is 9.59 Å². The van der Waals surface area contributed by atoms with Crippen LogP contribution < -0.4 is 10.6 Å². The molecule has 0 radical (unpaired) electrons. The predicted molar refractivity (Wildman–Crippen MR) is 107 cm³/mol. The molecule has 140 valence electrons. The Hall–Kier alpha value is -2.83. The lowest BCUT2D eigenvalue weighted by Crippen LogP contribution is -2.17. The molecule has 3 aromatic rings. The second-order valence-electron chi connectivity index (χ2n) is 6.08. The summed E-state index contributed by atoms with van der Waals surface area (Å²) in [5.41, 5.74) is 3.21. The van der Waals surface area contributed by atoms with Gasteiger partial charge in [0.1, 0.15) is 6.61 Å². The van der Waals surface area contributed by atoms with Crippen molar-refractivity contribution in [2.75, 3.05) is 24.4 Å². The van der Waals surface area contributed by atoms with E-state index in [4.69, 9.17) is 16.3 Å². The molecule has 0 saturated carbocycles. The minimum atomic E-state index is -0.296. The molecule has 0 saturated heterocycles. The highest BCUT2D eigenvalue weighted by Gasteiger charge is 2.10. The fourth-order valence-corrected chi connectivity index (χ4v) is 3.05. The van der Waals surface area contributed by atoms with Crippen molar-refractivity contribution in [1.29, 1.82) is 0 Å². The Morgan fingerprint density at radius 1 is 1.11 bits per heavy atom. The third-order valence-corrected chi connectivity index (χ3v) is 4.41. The Balaban J connectivity index is 1.57. The Morgan fingerprint density at radius 3 is 2.70 bits per heavy atom. The zero-order valence-electron chi connectivity index (χ0n) is 14.8. The van der Waals surface area contributed by atoms with Crippen molar-refractivity contribution in [3.8, 4) is 0 Å². The van der Waals surface area contributed by atoms with Gasteiger partial charge in [-0.1, -0.05) is 29.8 Å². The van der Waals surface area contributed by atoms with Gasteiger partial charge in [0.05, 0.1) is 10.7 Å². The molecule has 3 rings (SSSR count). The average Bonchev–Trinajstić information content (AvgIpc) is 3.06. The molecule has 1 aromatic heterocycles.